The summed E-state index contributed by atoms with van der Waals surface area (Å²) >= 11 is 1.71. The van der Waals surface area contributed by atoms with E-state index in [0.29, 0.717) is 6.42 Å². The van der Waals surface area contributed by atoms with Gasteiger partial charge in [0.05, 0.1) is 18.4 Å². The van der Waals surface area contributed by atoms with Gasteiger partial charge in [0, 0.05) is 4.88 Å². The van der Waals surface area contributed by atoms with Crippen LogP contribution in [0, 0.1) is 0 Å². The molecule has 0 spiro atoms. The Bertz CT molecular complexity index is 623. The largest absolute Gasteiger partial charge is 0.459 e. The van der Waals surface area contributed by atoms with Gasteiger partial charge in [0.1, 0.15) is 12.2 Å². The summed E-state index contributed by atoms with van der Waals surface area (Å²) in [5, 5.41) is 2.07. The van der Waals surface area contributed by atoms with E-state index >= 15 is 0 Å². The Morgan fingerprint density at radius 1 is 1.14 bits per heavy atom. The van der Waals surface area contributed by atoms with Gasteiger partial charge in [-0.2, -0.15) is 0 Å². The number of rotatable bonds is 3. The van der Waals surface area contributed by atoms with Gasteiger partial charge in [0.15, 0.2) is 0 Å². The first-order valence-electron chi connectivity index (χ1n) is 7.23. The van der Waals surface area contributed by atoms with Gasteiger partial charge in [0.2, 0.25) is 0 Å². The lowest BCUT2D eigenvalue weighted by molar-refractivity contribution is -0.142. The van der Waals surface area contributed by atoms with Crippen molar-refractivity contribution in [1.82, 2.24) is 0 Å². The molecule has 0 aliphatic carbocycles. The van der Waals surface area contributed by atoms with Crippen molar-refractivity contribution in [1.29, 1.82) is 0 Å². The van der Waals surface area contributed by atoms with Crippen LogP contribution in [0.15, 0.2) is 47.8 Å². The molecule has 3 heterocycles. The second kappa shape index (κ2) is 5.28. The summed E-state index contributed by atoms with van der Waals surface area (Å²) in [6.07, 6.45) is 1.11. The number of carbonyl (C=O) groups is 1. The number of thiophene rings is 1. The monoisotopic (exact) mass is 300 g/mol. The molecule has 4 atom stereocenters. The summed E-state index contributed by atoms with van der Waals surface area (Å²) in [5.74, 6) is 0.0198. The van der Waals surface area contributed by atoms with Crippen molar-refractivity contribution >= 4 is 17.3 Å². The van der Waals surface area contributed by atoms with E-state index in [1.165, 1.54) is 10.4 Å². The number of carbonyl (C=O) groups excluding carboxylic acids is 1. The van der Waals surface area contributed by atoms with Gasteiger partial charge in [-0.1, -0.05) is 36.4 Å². The third-order valence-electron chi connectivity index (χ3n) is 4.26. The second-order valence-corrected chi connectivity index (χ2v) is 6.58. The van der Waals surface area contributed by atoms with E-state index in [4.69, 9.17) is 9.47 Å². The van der Waals surface area contributed by atoms with E-state index < -0.39 is 0 Å². The molecule has 0 N–H and O–H groups in total. The van der Waals surface area contributed by atoms with Gasteiger partial charge in [-0.05, 0) is 23.4 Å². The third-order valence-corrected chi connectivity index (χ3v) is 5.23. The zero-order chi connectivity index (χ0) is 14.2. The predicted octanol–water partition coefficient (Wildman–Crippen LogP) is 3.16. The van der Waals surface area contributed by atoms with Crippen LogP contribution < -0.4 is 0 Å². The van der Waals surface area contributed by atoms with Crippen LogP contribution in [0.25, 0.3) is 0 Å². The Morgan fingerprint density at radius 2 is 2.00 bits per heavy atom. The van der Waals surface area contributed by atoms with Crippen LogP contribution >= 0.6 is 11.3 Å². The van der Waals surface area contributed by atoms with Crippen molar-refractivity contribution in [2.45, 2.75) is 37.1 Å². The van der Waals surface area contributed by atoms with Crippen molar-refractivity contribution in [3.05, 3.63) is 58.3 Å². The topological polar surface area (TPSA) is 35.5 Å². The zero-order valence-corrected chi connectivity index (χ0v) is 12.3. The van der Waals surface area contributed by atoms with E-state index in [1.807, 2.05) is 24.3 Å². The summed E-state index contributed by atoms with van der Waals surface area (Å²) < 4.78 is 11.7. The number of fused-ring (bicyclic) bond motifs is 1. The molecule has 4 heteroatoms. The average Bonchev–Trinajstić information content (AvgIpc) is 3.16. The minimum Gasteiger partial charge on any atom is -0.459 e. The molecule has 2 fully saturated rings. The van der Waals surface area contributed by atoms with Crippen LogP contribution in [0.4, 0.5) is 0 Å². The van der Waals surface area contributed by atoms with Crippen LogP contribution in [-0.2, 0) is 20.7 Å². The number of benzene rings is 1. The third kappa shape index (κ3) is 2.39. The van der Waals surface area contributed by atoms with Crippen LogP contribution in [0.3, 0.4) is 0 Å². The molecule has 4 rings (SSSR count). The molecule has 2 saturated heterocycles. The van der Waals surface area contributed by atoms with Gasteiger partial charge >= 0.3 is 5.97 Å². The fraction of sp³-hybridized carbons (Fsp3) is 0.353. The zero-order valence-electron chi connectivity index (χ0n) is 11.5. The standard InChI is InChI=1S/C17H16O3S/c18-15-10-13-17(20-15)16(14-7-4-8-21-14)12(19-13)9-11-5-2-1-3-6-11/h1-8,12-13,16-17H,9-10H2/t12?,13-,16+,17+/m1/s1. The molecule has 21 heavy (non-hydrogen) atoms. The van der Waals surface area contributed by atoms with Gasteiger partial charge in [-0.15, -0.1) is 11.3 Å². The number of hydrogen-bond acceptors (Lipinski definition) is 4. The quantitative estimate of drug-likeness (QED) is 0.817. The lowest BCUT2D eigenvalue weighted by Gasteiger charge is -2.21. The first kappa shape index (κ1) is 13.0. The normalized spacial score (nSPS) is 31.1. The minimum atomic E-state index is -0.135. The van der Waals surface area contributed by atoms with Gasteiger partial charge < -0.3 is 9.47 Å². The Balaban J connectivity index is 1.62. The Kier molecular flexibility index (Phi) is 3.28. The smallest absolute Gasteiger partial charge is 0.308 e. The van der Waals surface area contributed by atoms with Crippen molar-refractivity contribution < 1.29 is 14.3 Å². The van der Waals surface area contributed by atoms with Crippen LogP contribution in [0.2, 0.25) is 0 Å². The lowest BCUT2D eigenvalue weighted by atomic mass is 9.91. The van der Waals surface area contributed by atoms with Gasteiger partial charge in [0.25, 0.3) is 0 Å². The van der Waals surface area contributed by atoms with Gasteiger partial charge in [-0.3, -0.25) is 4.79 Å². The van der Waals surface area contributed by atoms with Crippen LogP contribution in [-0.4, -0.2) is 24.3 Å². The van der Waals surface area contributed by atoms with E-state index in [1.54, 1.807) is 11.3 Å². The molecule has 0 amide bonds. The molecule has 2 aliphatic heterocycles. The molecule has 0 bridgehead atoms. The first-order chi connectivity index (χ1) is 10.3. The summed E-state index contributed by atoms with van der Waals surface area (Å²) in [6.45, 7) is 0. The molecule has 1 unspecified atom stereocenters. The highest BCUT2D eigenvalue weighted by molar-refractivity contribution is 7.10. The molecule has 1 aromatic carbocycles. The van der Waals surface area contributed by atoms with Gasteiger partial charge in [-0.25, -0.2) is 0 Å². The molecule has 1 aromatic heterocycles. The number of hydrogen-bond donors (Lipinski definition) is 0. The Labute approximate surface area is 127 Å². The predicted molar refractivity (Wildman–Crippen MR) is 80.4 cm³/mol. The van der Waals surface area contributed by atoms with E-state index in [0.717, 1.165) is 6.42 Å². The number of esters is 1. The summed E-state index contributed by atoms with van der Waals surface area (Å²) in [6, 6.07) is 14.5. The molecule has 0 radical (unpaired) electrons. The van der Waals surface area contributed by atoms with Crippen LogP contribution in [0.5, 0.6) is 0 Å². The Morgan fingerprint density at radius 3 is 2.76 bits per heavy atom. The molecule has 0 saturated carbocycles. The fourth-order valence-corrected chi connectivity index (χ4v) is 4.27. The van der Waals surface area contributed by atoms with Crippen LogP contribution in [0.1, 0.15) is 22.8 Å². The average molecular weight is 300 g/mol. The molecular formula is C17H16O3S. The summed E-state index contributed by atoms with van der Waals surface area (Å²) in [4.78, 5) is 12.8. The Hall–Kier alpha value is -1.65. The molecule has 2 aliphatic rings. The summed E-state index contributed by atoms with van der Waals surface area (Å²) in [7, 11) is 0. The highest BCUT2D eigenvalue weighted by Crippen LogP contribution is 2.44. The molecular weight excluding hydrogens is 284 g/mol. The summed E-state index contributed by atoms with van der Waals surface area (Å²) in [5.41, 5.74) is 1.26. The highest BCUT2D eigenvalue weighted by Gasteiger charge is 2.52. The highest BCUT2D eigenvalue weighted by atomic mass is 32.1. The van der Waals surface area contributed by atoms with Crippen molar-refractivity contribution in [2.75, 3.05) is 0 Å². The van der Waals surface area contributed by atoms with E-state index in [-0.39, 0.29) is 30.2 Å². The van der Waals surface area contributed by atoms with Crippen molar-refractivity contribution in [3.8, 4) is 0 Å². The van der Waals surface area contributed by atoms with Crippen molar-refractivity contribution in [2.24, 2.45) is 0 Å². The molecule has 2 aromatic rings. The maximum absolute atomic E-state index is 11.5. The maximum Gasteiger partial charge on any atom is 0.308 e. The van der Waals surface area contributed by atoms with Crippen molar-refractivity contribution in [3.63, 3.8) is 0 Å². The fourth-order valence-electron chi connectivity index (χ4n) is 3.35. The minimum absolute atomic E-state index is 0.0779. The van der Waals surface area contributed by atoms with E-state index in [2.05, 4.69) is 23.6 Å². The SMILES string of the molecule is O=C1C[C@H]2OC(Cc3ccccc3)[C@@H](c3cccs3)[C@H]2O1. The lowest BCUT2D eigenvalue weighted by Crippen LogP contribution is -2.25. The van der Waals surface area contributed by atoms with E-state index in [9.17, 15) is 4.79 Å². The molecule has 108 valence electrons. The molecule has 3 nitrogen and oxygen atoms in total. The maximum atomic E-state index is 11.5. The second-order valence-electron chi connectivity index (χ2n) is 5.60. The first-order valence-corrected chi connectivity index (χ1v) is 8.11. The number of ether oxygens (including phenoxy) is 2.